The van der Waals surface area contributed by atoms with E-state index in [2.05, 4.69) is 4.98 Å². The van der Waals surface area contributed by atoms with Gasteiger partial charge in [0.2, 0.25) is 0 Å². The monoisotopic (exact) mass is 273 g/mol. The molecule has 1 unspecified atom stereocenters. The minimum atomic E-state index is -1.05. The first-order chi connectivity index (χ1) is 9.52. The third-order valence-corrected chi connectivity index (χ3v) is 3.15. The van der Waals surface area contributed by atoms with Crippen molar-refractivity contribution < 1.29 is 14.7 Å². The maximum atomic E-state index is 12.3. The SMILES string of the molecule is CC(C(=O)O)N(C)C(=O)c1cncn1-c1ccccc1. The average molecular weight is 273 g/mol. The number of benzene rings is 1. The average Bonchev–Trinajstić information content (AvgIpc) is 2.95. The fraction of sp³-hybridized carbons (Fsp3) is 0.214. The maximum Gasteiger partial charge on any atom is 0.326 e. The fourth-order valence-corrected chi connectivity index (χ4v) is 1.77. The molecule has 0 aliphatic carbocycles. The third kappa shape index (κ3) is 2.54. The van der Waals surface area contributed by atoms with E-state index in [1.807, 2.05) is 30.3 Å². The number of hydrogen-bond donors (Lipinski definition) is 1. The first-order valence-electron chi connectivity index (χ1n) is 6.10. The van der Waals surface area contributed by atoms with Crippen LogP contribution >= 0.6 is 0 Å². The standard InChI is InChI=1S/C14H15N3O3/c1-10(14(19)20)16(2)13(18)12-8-15-9-17(12)11-6-4-3-5-7-11/h3-10H,1-2H3,(H,19,20). The molecule has 1 heterocycles. The number of nitrogens with zero attached hydrogens (tertiary/aromatic N) is 3. The van der Waals surface area contributed by atoms with Crippen molar-refractivity contribution in [2.24, 2.45) is 0 Å². The zero-order chi connectivity index (χ0) is 14.7. The molecular weight excluding hydrogens is 258 g/mol. The second kappa shape index (κ2) is 5.56. The van der Waals surface area contributed by atoms with Crippen LogP contribution in [0.25, 0.3) is 5.69 Å². The summed E-state index contributed by atoms with van der Waals surface area (Å²) in [6, 6.07) is 8.38. The lowest BCUT2D eigenvalue weighted by atomic mass is 10.2. The molecule has 0 spiro atoms. The largest absolute Gasteiger partial charge is 0.480 e. The Hall–Kier alpha value is -2.63. The summed E-state index contributed by atoms with van der Waals surface area (Å²) in [6.45, 7) is 1.46. The summed E-state index contributed by atoms with van der Waals surface area (Å²) in [4.78, 5) is 28.5. The summed E-state index contributed by atoms with van der Waals surface area (Å²) in [6.07, 6.45) is 2.96. The van der Waals surface area contributed by atoms with Gasteiger partial charge in [-0.05, 0) is 19.1 Å². The van der Waals surface area contributed by atoms with E-state index in [4.69, 9.17) is 5.11 Å². The van der Waals surface area contributed by atoms with E-state index in [1.165, 1.54) is 31.4 Å². The Labute approximate surface area is 116 Å². The number of carboxylic acids is 1. The molecule has 6 heteroatoms. The molecule has 0 aliphatic rings. The number of likely N-dealkylation sites (N-methyl/N-ethyl adjacent to an activating group) is 1. The first-order valence-corrected chi connectivity index (χ1v) is 6.10. The summed E-state index contributed by atoms with van der Waals surface area (Å²) in [5.74, 6) is -1.44. The van der Waals surface area contributed by atoms with Crippen LogP contribution in [0.1, 0.15) is 17.4 Å². The van der Waals surface area contributed by atoms with E-state index >= 15 is 0 Å². The molecule has 1 aromatic carbocycles. The van der Waals surface area contributed by atoms with E-state index in [9.17, 15) is 9.59 Å². The van der Waals surface area contributed by atoms with Gasteiger partial charge in [0.1, 0.15) is 11.7 Å². The van der Waals surface area contributed by atoms with E-state index in [0.29, 0.717) is 5.69 Å². The lowest BCUT2D eigenvalue weighted by molar-refractivity contribution is -0.141. The van der Waals surface area contributed by atoms with Crippen molar-refractivity contribution >= 4 is 11.9 Å². The van der Waals surface area contributed by atoms with Gasteiger partial charge < -0.3 is 10.0 Å². The molecule has 104 valence electrons. The molecule has 0 saturated carbocycles. The van der Waals surface area contributed by atoms with Crippen LogP contribution in [-0.2, 0) is 4.79 Å². The van der Waals surface area contributed by atoms with Crippen molar-refractivity contribution in [1.82, 2.24) is 14.5 Å². The summed E-state index contributed by atoms with van der Waals surface area (Å²) in [7, 11) is 1.46. The van der Waals surface area contributed by atoms with Gasteiger partial charge in [0.05, 0.1) is 12.5 Å². The van der Waals surface area contributed by atoms with Crippen LogP contribution in [0.3, 0.4) is 0 Å². The van der Waals surface area contributed by atoms with Gasteiger partial charge in [0.15, 0.2) is 0 Å². The molecule has 0 saturated heterocycles. The predicted octanol–water partition coefficient (Wildman–Crippen LogP) is 1.42. The normalized spacial score (nSPS) is 11.9. The molecule has 2 aromatic rings. The van der Waals surface area contributed by atoms with Crippen LogP contribution in [0, 0.1) is 0 Å². The van der Waals surface area contributed by atoms with Crippen molar-refractivity contribution in [3.05, 3.63) is 48.5 Å². The number of rotatable bonds is 4. The van der Waals surface area contributed by atoms with E-state index in [1.54, 1.807) is 4.57 Å². The fourth-order valence-electron chi connectivity index (χ4n) is 1.77. The number of para-hydroxylation sites is 1. The first kappa shape index (κ1) is 13.8. The topological polar surface area (TPSA) is 75.4 Å². The van der Waals surface area contributed by atoms with Gasteiger partial charge in [-0.25, -0.2) is 9.78 Å². The smallest absolute Gasteiger partial charge is 0.326 e. The highest BCUT2D eigenvalue weighted by atomic mass is 16.4. The second-order valence-electron chi connectivity index (χ2n) is 4.41. The lowest BCUT2D eigenvalue weighted by Gasteiger charge is -2.21. The molecule has 6 nitrogen and oxygen atoms in total. The van der Waals surface area contributed by atoms with Crippen LogP contribution < -0.4 is 0 Å². The van der Waals surface area contributed by atoms with Crippen molar-refractivity contribution in [3.63, 3.8) is 0 Å². The summed E-state index contributed by atoms with van der Waals surface area (Å²) < 4.78 is 1.63. The minimum absolute atomic E-state index is 0.326. The molecule has 2 rings (SSSR count). The summed E-state index contributed by atoms with van der Waals surface area (Å²) >= 11 is 0. The van der Waals surface area contributed by atoms with Crippen molar-refractivity contribution in [2.45, 2.75) is 13.0 Å². The molecule has 0 radical (unpaired) electrons. The quantitative estimate of drug-likeness (QED) is 0.914. The van der Waals surface area contributed by atoms with Crippen molar-refractivity contribution in [2.75, 3.05) is 7.05 Å². The Bertz CT molecular complexity index is 622. The Morgan fingerprint density at radius 3 is 2.55 bits per heavy atom. The van der Waals surface area contributed by atoms with Crippen LogP contribution in [-0.4, -0.2) is 44.5 Å². The van der Waals surface area contributed by atoms with E-state index < -0.39 is 12.0 Å². The van der Waals surface area contributed by atoms with Gasteiger partial charge in [-0.15, -0.1) is 0 Å². The predicted molar refractivity (Wildman–Crippen MR) is 72.8 cm³/mol. The zero-order valence-corrected chi connectivity index (χ0v) is 11.2. The number of aliphatic carboxylic acids is 1. The summed E-state index contributed by atoms with van der Waals surface area (Å²) in [5, 5.41) is 8.97. The second-order valence-corrected chi connectivity index (χ2v) is 4.41. The summed E-state index contributed by atoms with van der Waals surface area (Å²) in [5.41, 5.74) is 1.12. The molecule has 1 atom stereocenters. The van der Waals surface area contributed by atoms with Gasteiger partial charge in [-0.2, -0.15) is 0 Å². The van der Waals surface area contributed by atoms with Gasteiger partial charge in [-0.3, -0.25) is 9.36 Å². The van der Waals surface area contributed by atoms with Crippen LogP contribution in [0.15, 0.2) is 42.9 Å². The number of hydrogen-bond acceptors (Lipinski definition) is 3. The van der Waals surface area contributed by atoms with Crippen molar-refractivity contribution in [1.29, 1.82) is 0 Å². The van der Waals surface area contributed by atoms with E-state index in [-0.39, 0.29) is 5.91 Å². The maximum absolute atomic E-state index is 12.3. The highest BCUT2D eigenvalue weighted by Crippen LogP contribution is 2.13. The number of carbonyl (C=O) groups is 2. The molecule has 0 aliphatic heterocycles. The highest BCUT2D eigenvalue weighted by molar-refractivity contribution is 5.95. The zero-order valence-electron chi connectivity index (χ0n) is 11.2. The lowest BCUT2D eigenvalue weighted by Crippen LogP contribution is -2.40. The molecule has 1 aromatic heterocycles. The molecule has 0 fully saturated rings. The van der Waals surface area contributed by atoms with Crippen LogP contribution in [0.2, 0.25) is 0 Å². The number of carbonyl (C=O) groups excluding carboxylic acids is 1. The third-order valence-electron chi connectivity index (χ3n) is 3.15. The highest BCUT2D eigenvalue weighted by Gasteiger charge is 2.25. The molecule has 20 heavy (non-hydrogen) atoms. The number of imidazole rings is 1. The Balaban J connectivity index is 2.33. The Kier molecular flexibility index (Phi) is 3.84. The number of amides is 1. The van der Waals surface area contributed by atoms with Gasteiger partial charge >= 0.3 is 5.97 Å². The Morgan fingerprint density at radius 2 is 1.95 bits per heavy atom. The minimum Gasteiger partial charge on any atom is -0.480 e. The van der Waals surface area contributed by atoms with Gasteiger partial charge in [-0.1, -0.05) is 18.2 Å². The van der Waals surface area contributed by atoms with Gasteiger partial charge in [0, 0.05) is 12.7 Å². The molecule has 1 amide bonds. The molecule has 0 bridgehead atoms. The van der Waals surface area contributed by atoms with Gasteiger partial charge in [0.25, 0.3) is 5.91 Å². The van der Waals surface area contributed by atoms with Crippen LogP contribution in [0.4, 0.5) is 0 Å². The van der Waals surface area contributed by atoms with Crippen LogP contribution in [0.5, 0.6) is 0 Å². The molecular formula is C14H15N3O3. The van der Waals surface area contributed by atoms with E-state index in [0.717, 1.165) is 5.69 Å². The number of aromatic nitrogens is 2. The number of carboxylic acid groups (broad SMARTS) is 1. The molecule has 1 N–H and O–H groups in total. The van der Waals surface area contributed by atoms with Crippen molar-refractivity contribution in [3.8, 4) is 5.69 Å². The Morgan fingerprint density at radius 1 is 1.30 bits per heavy atom.